The fourth-order valence-electron chi connectivity index (χ4n) is 3.00. The minimum atomic E-state index is 0.239. The summed E-state index contributed by atoms with van der Waals surface area (Å²) in [5.74, 6) is 1.80. The van der Waals surface area contributed by atoms with Gasteiger partial charge in [-0.05, 0) is 45.0 Å². The molecule has 2 N–H and O–H groups in total. The van der Waals surface area contributed by atoms with Crippen molar-refractivity contribution in [2.45, 2.75) is 32.4 Å². The lowest BCUT2D eigenvalue weighted by molar-refractivity contribution is 0.215. The Labute approximate surface area is 147 Å². The monoisotopic (exact) mass is 347 g/mol. The molecule has 1 aliphatic heterocycles. The lowest BCUT2D eigenvalue weighted by Crippen LogP contribution is -2.42. The number of likely N-dealkylation sites (tertiary alicyclic amines) is 1. The van der Waals surface area contributed by atoms with Gasteiger partial charge in [0.05, 0.1) is 18.8 Å². The van der Waals surface area contributed by atoms with E-state index in [-0.39, 0.29) is 6.04 Å². The SMILES string of the molecule is CN=C(NCc1ncc(C)s1)NCC(c1ccco1)N1CCCC1. The molecule has 2 aromatic heterocycles. The zero-order valence-electron chi connectivity index (χ0n) is 14.3. The van der Waals surface area contributed by atoms with Gasteiger partial charge < -0.3 is 15.1 Å². The van der Waals surface area contributed by atoms with E-state index in [1.54, 1.807) is 24.6 Å². The van der Waals surface area contributed by atoms with Crippen LogP contribution < -0.4 is 10.6 Å². The van der Waals surface area contributed by atoms with E-state index >= 15 is 0 Å². The van der Waals surface area contributed by atoms with Crippen molar-refractivity contribution in [3.8, 4) is 0 Å². The molecule has 24 heavy (non-hydrogen) atoms. The third-order valence-corrected chi connectivity index (χ3v) is 5.13. The standard InChI is InChI=1S/C17H25N5OS/c1-13-10-19-16(24-13)12-21-17(18-2)20-11-14(15-6-5-9-23-15)22-7-3-4-8-22/h5-6,9-10,14H,3-4,7-8,11-12H2,1-2H3,(H2,18,20,21). The zero-order valence-corrected chi connectivity index (χ0v) is 15.1. The summed E-state index contributed by atoms with van der Waals surface area (Å²) in [4.78, 5) is 12.4. The van der Waals surface area contributed by atoms with Gasteiger partial charge in [0.25, 0.3) is 0 Å². The molecule has 3 heterocycles. The van der Waals surface area contributed by atoms with E-state index in [1.807, 2.05) is 12.3 Å². The number of nitrogens with one attached hydrogen (secondary N) is 2. The van der Waals surface area contributed by atoms with Gasteiger partial charge in [-0.15, -0.1) is 11.3 Å². The Morgan fingerprint density at radius 1 is 1.42 bits per heavy atom. The molecule has 1 fully saturated rings. The van der Waals surface area contributed by atoms with Crippen LogP contribution in [0.2, 0.25) is 0 Å². The van der Waals surface area contributed by atoms with Gasteiger partial charge in [0, 0.05) is 24.7 Å². The van der Waals surface area contributed by atoms with Crippen molar-refractivity contribution < 1.29 is 4.42 Å². The number of hydrogen-bond donors (Lipinski definition) is 2. The third-order valence-electron chi connectivity index (χ3n) is 4.22. The number of hydrogen-bond acceptors (Lipinski definition) is 5. The lowest BCUT2D eigenvalue weighted by Gasteiger charge is -2.26. The van der Waals surface area contributed by atoms with Crippen molar-refractivity contribution in [3.63, 3.8) is 0 Å². The van der Waals surface area contributed by atoms with Gasteiger partial charge >= 0.3 is 0 Å². The Morgan fingerprint density at radius 2 is 2.25 bits per heavy atom. The Balaban J connectivity index is 1.56. The number of thiazole rings is 1. The molecule has 1 unspecified atom stereocenters. The van der Waals surface area contributed by atoms with E-state index in [1.165, 1.54) is 17.7 Å². The highest BCUT2D eigenvalue weighted by atomic mass is 32.1. The predicted molar refractivity (Wildman–Crippen MR) is 97.3 cm³/mol. The fraction of sp³-hybridized carbons (Fsp3) is 0.529. The number of aromatic nitrogens is 1. The summed E-state index contributed by atoms with van der Waals surface area (Å²) in [6, 6.07) is 4.25. The highest BCUT2D eigenvalue weighted by Crippen LogP contribution is 2.24. The van der Waals surface area contributed by atoms with Gasteiger partial charge in [-0.1, -0.05) is 0 Å². The molecule has 130 valence electrons. The highest BCUT2D eigenvalue weighted by molar-refractivity contribution is 7.11. The van der Waals surface area contributed by atoms with Crippen molar-refractivity contribution in [2.75, 3.05) is 26.7 Å². The summed E-state index contributed by atoms with van der Waals surface area (Å²) in [5, 5.41) is 7.82. The molecule has 0 radical (unpaired) electrons. The molecule has 1 aliphatic rings. The largest absolute Gasteiger partial charge is 0.468 e. The molecule has 3 rings (SSSR count). The molecule has 0 bridgehead atoms. The van der Waals surface area contributed by atoms with Gasteiger partial charge in [-0.25, -0.2) is 4.98 Å². The van der Waals surface area contributed by atoms with Crippen LogP contribution in [0, 0.1) is 6.92 Å². The first-order chi connectivity index (χ1) is 11.8. The predicted octanol–water partition coefficient (Wildman–Crippen LogP) is 2.55. The van der Waals surface area contributed by atoms with Crippen LogP contribution >= 0.6 is 11.3 Å². The minimum Gasteiger partial charge on any atom is -0.468 e. The normalized spacial score (nSPS) is 17.2. The average Bonchev–Trinajstić information content (AvgIpc) is 3.33. The Morgan fingerprint density at radius 3 is 2.88 bits per heavy atom. The summed E-state index contributed by atoms with van der Waals surface area (Å²) in [7, 11) is 1.79. The maximum atomic E-state index is 5.66. The summed E-state index contributed by atoms with van der Waals surface area (Å²) in [6.07, 6.45) is 6.16. The fourth-order valence-corrected chi connectivity index (χ4v) is 3.73. The van der Waals surface area contributed by atoms with Gasteiger partial charge in [0.1, 0.15) is 10.8 Å². The zero-order chi connectivity index (χ0) is 16.8. The van der Waals surface area contributed by atoms with Crippen molar-refractivity contribution in [3.05, 3.63) is 40.2 Å². The Hall–Kier alpha value is -1.86. The van der Waals surface area contributed by atoms with E-state index < -0.39 is 0 Å². The molecule has 6 nitrogen and oxygen atoms in total. The quantitative estimate of drug-likeness (QED) is 0.621. The van der Waals surface area contributed by atoms with Crippen LogP contribution in [-0.4, -0.2) is 42.5 Å². The molecule has 0 amide bonds. The van der Waals surface area contributed by atoms with Gasteiger partial charge in [-0.3, -0.25) is 9.89 Å². The van der Waals surface area contributed by atoms with Crippen molar-refractivity contribution in [1.82, 2.24) is 20.5 Å². The number of guanidine groups is 1. The minimum absolute atomic E-state index is 0.239. The topological polar surface area (TPSA) is 65.7 Å². The number of furan rings is 1. The maximum Gasteiger partial charge on any atom is 0.191 e. The summed E-state index contributed by atoms with van der Waals surface area (Å²) < 4.78 is 5.66. The molecule has 1 atom stereocenters. The van der Waals surface area contributed by atoms with Crippen LogP contribution in [-0.2, 0) is 6.54 Å². The van der Waals surface area contributed by atoms with E-state index in [9.17, 15) is 0 Å². The molecule has 0 aromatic carbocycles. The first-order valence-electron chi connectivity index (χ1n) is 8.39. The van der Waals surface area contributed by atoms with E-state index in [4.69, 9.17) is 4.42 Å². The van der Waals surface area contributed by atoms with E-state index in [0.717, 1.165) is 36.4 Å². The second kappa shape index (κ2) is 8.30. The van der Waals surface area contributed by atoms with E-state index in [2.05, 4.69) is 38.5 Å². The molecule has 0 aliphatic carbocycles. The van der Waals surface area contributed by atoms with Crippen LogP contribution in [0.1, 0.15) is 34.5 Å². The highest BCUT2D eigenvalue weighted by Gasteiger charge is 2.25. The van der Waals surface area contributed by atoms with Crippen molar-refractivity contribution in [1.29, 1.82) is 0 Å². The second-order valence-electron chi connectivity index (χ2n) is 5.95. The van der Waals surface area contributed by atoms with Crippen molar-refractivity contribution >= 4 is 17.3 Å². The summed E-state index contributed by atoms with van der Waals surface area (Å²) in [5.41, 5.74) is 0. The van der Waals surface area contributed by atoms with Gasteiger partial charge in [-0.2, -0.15) is 0 Å². The number of aliphatic imine (C=N–C) groups is 1. The first-order valence-corrected chi connectivity index (χ1v) is 9.21. The lowest BCUT2D eigenvalue weighted by atomic mass is 10.2. The Bertz CT molecular complexity index is 646. The first kappa shape index (κ1) is 17.0. The average molecular weight is 347 g/mol. The van der Waals surface area contributed by atoms with Crippen LogP contribution in [0.25, 0.3) is 0 Å². The molecule has 7 heteroatoms. The molecule has 1 saturated heterocycles. The number of aryl methyl sites for hydroxylation is 1. The Kier molecular flexibility index (Phi) is 5.87. The smallest absolute Gasteiger partial charge is 0.191 e. The molecule has 0 spiro atoms. The van der Waals surface area contributed by atoms with E-state index in [0.29, 0.717) is 6.54 Å². The molecule has 2 aromatic rings. The third kappa shape index (κ3) is 4.36. The second-order valence-corrected chi connectivity index (χ2v) is 7.26. The molecular weight excluding hydrogens is 322 g/mol. The van der Waals surface area contributed by atoms with Crippen LogP contribution in [0.3, 0.4) is 0 Å². The van der Waals surface area contributed by atoms with Crippen LogP contribution in [0.5, 0.6) is 0 Å². The number of rotatable bonds is 6. The molecule has 0 saturated carbocycles. The number of nitrogens with zero attached hydrogens (tertiary/aromatic N) is 3. The van der Waals surface area contributed by atoms with Crippen LogP contribution in [0.4, 0.5) is 0 Å². The summed E-state index contributed by atoms with van der Waals surface area (Å²) >= 11 is 1.70. The van der Waals surface area contributed by atoms with Gasteiger partial charge in [0.15, 0.2) is 5.96 Å². The molecular formula is C17H25N5OS. The van der Waals surface area contributed by atoms with Crippen LogP contribution in [0.15, 0.2) is 34.0 Å². The van der Waals surface area contributed by atoms with Crippen molar-refractivity contribution in [2.24, 2.45) is 4.99 Å². The maximum absolute atomic E-state index is 5.66. The van der Waals surface area contributed by atoms with Gasteiger partial charge in [0.2, 0.25) is 0 Å². The summed E-state index contributed by atoms with van der Waals surface area (Å²) in [6.45, 7) is 5.77.